The Morgan fingerprint density at radius 1 is 0.946 bits per heavy atom. The van der Waals surface area contributed by atoms with Crippen molar-refractivity contribution in [3.05, 3.63) is 72.4 Å². The zero-order valence-electron chi connectivity index (χ0n) is 20.3. The third-order valence-corrected chi connectivity index (χ3v) is 8.39. The molecule has 0 unspecified atom stereocenters. The lowest BCUT2D eigenvalue weighted by atomic mass is 10.1. The number of anilines is 1. The summed E-state index contributed by atoms with van der Waals surface area (Å²) in [7, 11) is -0.219. The van der Waals surface area contributed by atoms with Crippen molar-refractivity contribution in [3.8, 4) is 34.1 Å². The number of nitrogens with one attached hydrogen (secondary N) is 1. The predicted octanol–water partition coefficient (Wildman–Crippen LogP) is 4.81. The van der Waals surface area contributed by atoms with Gasteiger partial charge in [0.1, 0.15) is 17.2 Å². The molecule has 0 atom stereocenters. The van der Waals surface area contributed by atoms with E-state index in [0.29, 0.717) is 30.4 Å². The molecular weight excluding hydrogens is 510 g/mol. The van der Waals surface area contributed by atoms with Gasteiger partial charge in [0.05, 0.1) is 36.3 Å². The van der Waals surface area contributed by atoms with Gasteiger partial charge in [-0.3, -0.25) is 4.40 Å². The van der Waals surface area contributed by atoms with Gasteiger partial charge in [-0.25, -0.2) is 23.4 Å². The molecule has 0 saturated carbocycles. The van der Waals surface area contributed by atoms with Gasteiger partial charge >= 0.3 is 0 Å². The molecule has 5 aromatic rings. The third kappa shape index (κ3) is 5.27. The summed E-state index contributed by atoms with van der Waals surface area (Å²) in [6.07, 6.45) is 4.05. The van der Waals surface area contributed by atoms with E-state index in [4.69, 9.17) is 19.4 Å². The quantitative estimate of drug-likeness (QED) is 0.254. The largest absolute Gasteiger partial charge is 0.497 e. The van der Waals surface area contributed by atoms with Gasteiger partial charge in [0.15, 0.2) is 14.8 Å². The number of aromatic nitrogens is 4. The summed E-state index contributed by atoms with van der Waals surface area (Å²) < 4.78 is 37.7. The second kappa shape index (κ2) is 10.6. The van der Waals surface area contributed by atoms with Crippen molar-refractivity contribution in [2.75, 3.05) is 31.8 Å². The van der Waals surface area contributed by atoms with Crippen molar-refractivity contribution >= 4 is 32.1 Å². The van der Waals surface area contributed by atoms with Crippen LogP contribution in [0.4, 0.5) is 5.95 Å². The number of ether oxygens (including phenoxy) is 2. The number of fused-ring (bicyclic) bond motifs is 1. The maximum absolute atomic E-state index is 12.6. The molecule has 0 aliphatic rings. The molecule has 5 rings (SSSR count). The van der Waals surface area contributed by atoms with E-state index in [0.717, 1.165) is 27.7 Å². The fourth-order valence-corrected chi connectivity index (χ4v) is 5.94. The predicted molar refractivity (Wildman–Crippen MR) is 144 cm³/mol. The summed E-state index contributed by atoms with van der Waals surface area (Å²) in [5, 5.41) is 5.13. The van der Waals surface area contributed by atoms with Crippen molar-refractivity contribution in [1.29, 1.82) is 0 Å². The molecular formula is C26H25N5O4S2. The molecule has 0 spiro atoms. The molecule has 0 saturated heterocycles. The van der Waals surface area contributed by atoms with Crippen LogP contribution in [0.2, 0.25) is 0 Å². The number of rotatable bonds is 10. The number of benzene rings is 2. The Labute approximate surface area is 218 Å². The highest BCUT2D eigenvalue weighted by Gasteiger charge is 2.19. The normalized spacial score (nSPS) is 11.5. The van der Waals surface area contributed by atoms with Crippen molar-refractivity contribution in [1.82, 2.24) is 19.4 Å². The van der Waals surface area contributed by atoms with Crippen molar-refractivity contribution in [2.45, 2.75) is 11.3 Å². The van der Waals surface area contributed by atoms with Crippen LogP contribution >= 0.6 is 11.3 Å². The van der Waals surface area contributed by atoms with E-state index < -0.39 is 9.84 Å². The Hall–Kier alpha value is -3.96. The van der Waals surface area contributed by atoms with Gasteiger partial charge in [-0.05, 0) is 61.0 Å². The number of hydrogen-bond acceptors (Lipinski definition) is 9. The Morgan fingerprint density at radius 3 is 2.35 bits per heavy atom. The number of hydrogen-bond donors (Lipinski definition) is 1. The molecule has 3 heterocycles. The molecule has 0 aliphatic carbocycles. The topological polar surface area (TPSA) is 108 Å². The molecule has 11 heteroatoms. The maximum atomic E-state index is 12.6. The highest BCUT2D eigenvalue weighted by Crippen LogP contribution is 2.34. The lowest BCUT2D eigenvalue weighted by Crippen LogP contribution is -2.13. The second-order valence-corrected chi connectivity index (χ2v) is 11.1. The summed E-state index contributed by atoms with van der Waals surface area (Å²) in [5.41, 5.74) is 3.32. The number of imidazole rings is 1. The first-order chi connectivity index (χ1) is 18.0. The number of sulfone groups is 1. The number of nitrogens with zero attached hydrogens (tertiary/aromatic N) is 4. The van der Waals surface area contributed by atoms with Gasteiger partial charge in [0.2, 0.25) is 5.95 Å². The first-order valence-corrected chi connectivity index (χ1v) is 14.1. The van der Waals surface area contributed by atoms with Crippen LogP contribution < -0.4 is 14.8 Å². The molecule has 1 N–H and O–H groups in total. The summed E-state index contributed by atoms with van der Waals surface area (Å²) in [5.74, 6) is 1.82. The van der Waals surface area contributed by atoms with E-state index in [2.05, 4.69) is 10.3 Å². The van der Waals surface area contributed by atoms with Crippen molar-refractivity contribution < 1.29 is 17.9 Å². The summed E-state index contributed by atoms with van der Waals surface area (Å²) in [6, 6.07) is 16.0. The molecule has 0 bridgehead atoms. The lowest BCUT2D eigenvalue weighted by Gasteiger charge is -2.09. The first-order valence-electron chi connectivity index (χ1n) is 11.5. The zero-order chi connectivity index (χ0) is 25.8. The highest BCUT2D eigenvalue weighted by atomic mass is 32.2. The lowest BCUT2D eigenvalue weighted by molar-refractivity contribution is 0.414. The Balaban J connectivity index is 1.32. The first kappa shape index (κ1) is 24.7. The summed E-state index contributed by atoms with van der Waals surface area (Å²) in [4.78, 5) is 15.0. The minimum absolute atomic E-state index is 0.00574. The van der Waals surface area contributed by atoms with Crippen LogP contribution in [0.1, 0.15) is 6.42 Å². The van der Waals surface area contributed by atoms with Crippen LogP contribution in [-0.2, 0) is 9.84 Å². The van der Waals surface area contributed by atoms with E-state index in [1.807, 2.05) is 46.3 Å². The van der Waals surface area contributed by atoms with Crippen LogP contribution in [0.3, 0.4) is 0 Å². The fourth-order valence-electron chi connectivity index (χ4n) is 3.92. The van der Waals surface area contributed by atoms with Gasteiger partial charge in [-0.1, -0.05) is 0 Å². The summed E-state index contributed by atoms with van der Waals surface area (Å²) in [6.45, 7) is 0.407. The molecule has 9 nitrogen and oxygen atoms in total. The Morgan fingerprint density at radius 2 is 1.65 bits per heavy atom. The maximum Gasteiger partial charge on any atom is 0.223 e. The average molecular weight is 536 g/mol. The van der Waals surface area contributed by atoms with Crippen molar-refractivity contribution in [2.24, 2.45) is 0 Å². The monoisotopic (exact) mass is 535 g/mol. The van der Waals surface area contributed by atoms with Crippen LogP contribution in [0.5, 0.6) is 11.5 Å². The number of methoxy groups -OCH3 is 2. The molecule has 37 heavy (non-hydrogen) atoms. The van der Waals surface area contributed by atoms with Gasteiger partial charge < -0.3 is 14.8 Å². The molecule has 0 fully saturated rings. The van der Waals surface area contributed by atoms with Gasteiger partial charge in [-0.2, -0.15) is 0 Å². The van der Waals surface area contributed by atoms with E-state index in [9.17, 15) is 8.42 Å². The minimum atomic E-state index is -3.40. The van der Waals surface area contributed by atoms with E-state index in [1.54, 1.807) is 56.0 Å². The Kier molecular flexibility index (Phi) is 7.06. The molecule has 190 valence electrons. The molecule has 2 aromatic carbocycles. The average Bonchev–Trinajstić information content (AvgIpc) is 3.53. The summed E-state index contributed by atoms with van der Waals surface area (Å²) >= 11 is 1.55. The third-order valence-electron chi connectivity index (χ3n) is 5.82. The smallest absolute Gasteiger partial charge is 0.223 e. The SMILES string of the molecule is COc1ccc(-c2nc3sccn3c2-c2ccnc(NCCCS(=O)(=O)c3ccc(OC)cc3)n2)cc1. The molecule has 0 aliphatic heterocycles. The van der Waals surface area contributed by atoms with Crippen LogP contribution in [0, 0.1) is 0 Å². The fraction of sp³-hybridized carbons (Fsp3) is 0.192. The highest BCUT2D eigenvalue weighted by molar-refractivity contribution is 7.91. The van der Waals surface area contributed by atoms with Crippen LogP contribution in [0.15, 0.2) is 77.3 Å². The van der Waals surface area contributed by atoms with E-state index >= 15 is 0 Å². The molecule has 0 amide bonds. The van der Waals surface area contributed by atoms with E-state index in [-0.39, 0.29) is 10.6 Å². The van der Waals surface area contributed by atoms with Crippen LogP contribution in [0.25, 0.3) is 27.6 Å². The Bertz CT molecular complexity index is 1610. The van der Waals surface area contributed by atoms with E-state index in [1.165, 1.54) is 0 Å². The number of thiazole rings is 1. The molecule has 0 radical (unpaired) electrons. The second-order valence-electron chi connectivity index (χ2n) is 8.13. The zero-order valence-corrected chi connectivity index (χ0v) is 21.9. The van der Waals surface area contributed by atoms with Gasteiger partial charge in [-0.15, -0.1) is 11.3 Å². The minimum Gasteiger partial charge on any atom is -0.497 e. The van der Waals surface area contributed by atoms with Crippen molar-refractivity contribution in [3.63, 3.8) is 0 Å². The molecule has 3 aromatic heterocycles. The van der Waals surface area contributed by atoms with Gasteiger partial charge in [0, 0.05) is 29.9 Å². The van der Waals surface area contributed by atoms with Crippen LogP contribution in [-0.4, -0.2) is 54.3 Å². The standard InChI is InChI=1S/C26H25N5O4S2/c1-34-19-6-4-18(5-7-19)23-24(31-15-16-36-26(31)30-23)22-12-14-28-25(29-22)27-13-3-17-37(32,33)21-10-8-20(35-2)9-11-21/h4-12,14-16H,3,13,17H2,1-2H3,(H,27,28,29). The van der Waals surface area contributed by atoms with Gasteiger partial charge in [0.25, 0.3) is 0 Å².